The van der Waals surface area contributed by atoms with Gasteiger partial charge in [-0.3, -0.25) is 14.3 Å². The smallest absolute Gasteiger partial charge is 0.407 e. The number of imidazole rings is 1. The SMILES string of the molecule is CCn1nc(C)cc1C(=O)N=c1n(C)c2cc(C=O)cc(OC)c2n1C/C=C/CNC(=O)OC(C)(C)C. The number of benzene rings is 1. The number of fused-ring (bicyclic) bond motifs is 1. The first kappa shape index (κ1) is 27.4. The zero-order valence-corrected chi connectivity index (χ0v) is 22.4. The Hall–Kier alpha value is -4.15. The molecule has 0 radical (unpaired) electrons. The number of aryl methyl sites for hydroxylation is 3. The monoisotopic (exact) mass is 510 g/mol. The van der Waals surface area contributed by atoms with E-state index < -0.39 is 17.6 Å². The van der Waals surface area contributed by atoms with Crippen molar-refractivity contribution in [3.8, 4) is 5.75 Å². The lowest BCUT2D eigenvalue weighted by atomic mass is 10.2. The largest absolute Gasteiger partial charge is 0.494 e. The number of alkyl carbamates (subject to hydrolysis) is 1. The Bertz CT molecular complexity index is 1420. The molecule has 0 unspecified atom stereocenters. The van der Waals surface area contributed by atoms with E-state index in [0.717, 1.165) is 12.0 Å². The molecule has 1 N–H and O–H groups in total. The van der Waals surface area contributed by atoms with Gasteiger partial charge in [-0.25, -0.2) is 4.79 Å². The third-order valence-corrected chi connectivity index (χ3v) is 5.45. The predicted octanol–water partition coefficient (Wildman–Crippen LogP) is 3.15. The van der Waals surface area contributed by atoms with Crippen molar-refractivity contribution >= 4 is 29.3 Å². The fraction of sp³-hybridized carbons (Fsp3) is 0.423. The summed E-state index contributed by atoms with van der Waals surface area (Å²) in [6.07, 6.45) is 3.85. The van der Waals surface area contributed by atoms with E-state index in [1.807, 2.05) is 24.5 Å². The van der Waals surface area contributed by atoms with Crippen molar-refractivity contribution in [2.24, 2.45) is 12.0 Å². The highest BCUT2D eigenvalue weighted by atomic mass is 16.6. The second-order valence-corrected chi connectivity index (χ2v) is 9.44. The average Bonchev–Trinajstić information content (AvgIpc) is 3.34. The van der Waals surface area contributed by atoms with Crippen LogP contribution in [0.25, 0.3) is 11.0 Å². The van der Waals surface area contributed by atoms with Crippen LogP contribution in [0.4, 0.5) is 4.79 Å². The second kappa shape index (κ2) is 11.3. The van der Waals surface area contributed by atoms with E-state index in [-0.39, 0.29) is 6.54 Å². The number of carbonyl (C=O) groups excluding carboxylic acids is 3. The molecule has 1 aromatic carbocycles. The number of aldehydes is 1. The lowest BCUT2D eigenvalue weighted by Crippen LogP contribution is -2.32. The zero-order valence-electron chi connectivity index (χ0n) is 22.4. The summed E-state index contributed by atoms with van der Waals surface area (Å²) in [6, 6.07) is 5.06. The third-order valence-electron chi connectivity index (χ3n) is 5.45. The van der Waals surface area contributed by atoms with Gasteiger partial charge >= 0.3 is 6.09 Å². The Kier molecular flexibility index (Phi) is 8.36. The van der Waals surface area contributed by atoms with Crippen LogP contribution >= 0.6 is 0 Å². The van der Waals surface area contributed by atoms with Crippen molar-refractivity contribution in [2.75, 3.05) is 13.7 Å². The number of hydrogen-bond donors (Lipinski definition) is 1. The summed E-state index contributed by atoms with van der Waals surface area (Å²) in [7, 11) is 3.29. The maximum Gasteiger partial charge on any atom is 0.407 e. The number of aromatic nitrogens is 4. The van der Waals surface area contributed by atoms with Gasteiger partial charge in [-0.15, -0.1) is 0 Å². The first-order valence-corrected chi connectivity index (χ1v) is 12.0. The molecule has 37 heavy (non-hydrogen) atoms. The fourth-order valence-corrected chi connectivity index (χ4v) is 3.89. The molecule has 0 aliphatic heterocycles. The second-order valence-electron chi connectivity index (χ2n) is 9.44. The van der Waals surface area contributed by atoms with E-state index in [9.17, 15) is 14.4 Å². The van der Waals surface area contributed by atoms with Crippen molar-refractivity contribution in [3.05, 3.63) is 52.9 Å². The van der Waals surface area contributed by atoms with Gasteiger partial charge in [0.25, 0.3) is 5.91 Å². The van der Waals surface area contributed by atoms with Crippen LogP contribution in [0.2, 0.25) is 0 Å². The van der Waals surface area contributed by atoms with Gasteiger partial charge in [0.15, 0.2) is 0 Å². The van der Waals surface area contributed by atoms with Crippen LogP contribution in [-0.2, 0) is 24.9 Å². The fourth-order valence-electron chi connectivity index (χ4n) is 3.89. The molecule has 0 saturated heterocycles. The Labute approximate surface area is 215 Å². The predicted molar refractivity (Wildman–Crippen MR) is 139 cm³/mol. The number of carbonyl (C=O) groups is 3. The van der Waals surface area contributed by atoms with E-state index in [2.05, 4.69) is 15.4 Å². The number of nitrogens with zero attached hydrogens (tertiary/aromatic N) is 5. The molecule has 0 fully saturated rings. The highest BCUT2D eigenvalue weighted by Gasteiger charge is 2.18. The lowest BCUT2D eigenvalue weighted by Gasteiger charge is -2.19. The van der Waals surface area contributed by atoms with Gasteiger partial charge in [0.2, 0.25) is 5.62 Å². The number of methoxy groups -OCH3 is 1. The highest BCUT2D eigenvalue weighted by Crippen LogP contribution is 2.26. The Morgan fingerprint density at radius 3 is 2.54 bits per heavy atom. The van der Waals surface area contributed by atoms with Crippen LogP contribution in [0.3, 0.4) is 0 Å². The average molecular weight is 511 g/mol. The molecule has 0 saturated carbocycles. The molecular weight excluding hydrogens is 476 g/mol. The molecule has 3 rings (SSSR count). The summed E-state index contributed by atoms with van der Waals surface area (Å²) in [4.78, 5) is 41.1. The van der Waals surface area contributed by atoms with E-state index in [1.54, 1.807) is 61.3 Å². The first-order chi connectivity index (χ1) is 17.5. The van der Waals surface area contributed by atoms with Crippen molar-refractivity contribution in [1.82, 2.24) is 24.2 Å². The van der Waals surface area contributed by atoms with E-state index in [4.69, 9.17) is 9.47 Å². The molecular formula is C26H34N6O5. The van der Waals surface area contributed by atoms with Crippen LogP contribution in [0.5, 0.6) is 5.75 Å². The van der Waals surface area contributed by atoms with Gasteiger partial charge in [0, 0.05) is 32.2 Å². The van der Waals surface area contributed by atoms with Crippen LogP contribution in [-0.4, -0.2) is 56.5 Å². The molecule has 0 atom stereocenters. The van der Waals surface area contributed by atoms with Gasteiger partial charge in [-0.2, -0.15) is 10.1 Å². The van der Waals surface area contributed by atoms with Gasteiger partial charge in [0.05, 0.1) is 18.3 Å². The minimum absolute atomic E-state index is 0.257. The van der Waals surface area contributed by atoms with Crippen molar-refractivity contribution in [1.29, 1.82) is 0 Å². The minimum Gasteiger partial charge on any atom is -0.494 e. The molecule has 0 aliphatic rings. The maximum absolute atomic E-state index is 13.2. The first-order valence-electron chi connectivity index (χ1n) is 12.0. The van der Waals surface area contributed by atoms with Crippen LogP contribution in [0.1, 0.15) is 54.2 Å². The highest BCUT2D eigenvalue weighted by molar-refractivity contribution is 5.94. The van der Waals surface area contributed by atoms with Crippen molar-refractivity contribution in [3.63, 3.8) is 0 Å². The number of rotatable bonds is 8. The molecule has 2 aromatic heterocycles. The van der Waals surface area contributed by atoms with Gasteiger partial charge in [-0.05, 0) is 52.8 Å². The topological polar surface area (TPSA) is 122 Å². The summed E-state index contributed by atoms with van der Waals surface area (Å²) in [5, 5.41) is 7.02. The van der Waals surface area contributed by atoms with Crippen molar-refractivity contribution in [2.45, 2.75) is 53.3 Å². The van der Waals surface area contributed by atoms with Gasteiger partial charge < -0.3 is 23.9 Å². The number of hydrogen-bond acceptors (Lipinski definition) is 6. The van der Waals surface area contributed by atoms with Crippen LogP contribution in [0, 0.1) is 6.92 Å². The quantitative estimate of drug-likeness (QED) is 0.367. The molecule has 11 nitrogen and oxygen atoms in total. The van der Waals surface area contributed by atoms with E-state index in [0.29, 0.717) is 46.7 Å². The van der Waals surface area contributed by atoms with Gasteiger partial charge in [-0.1, -0.05) is 12.2 Å². The standard InChI is InChI=1S/C26H34N6O5/c1-8-32-20(13-17(2)29-32)23(34)28-24-30(6)19-14-18(16-33)15-21(36-7)22(19)31(24)12-10-9-11-27-25(35)37-26(3,4)5/h9-10,13-16H,8,11-12H2,1-7H3,(H,27,35)/b10-9+,28-24?. The van der Waals surface area contributed by atoms with Gasteiger partial charge in [0.1, 0.15) is 28.8 Å². The molecule has 3 aromatic rings. The number of ether oxygens (including phenoxy) is 2. The van der Waals surface area contributed by atoms with Crippen LogP contribution in [0.15, 0.2) is 35.3 Å². The summed E-state index contributed by atoms with van der Waals surface area (Å²) < 4.78 is 16.0. The summed E-state index contributed by atoms with van der Waals surface area (Å²) in [5.74, 6) is 0.0334. The molecule has 0 bridgehead atoms. The van der Waals surface area contributed by atoms with E-state index >= 15 is 0 Å². The lowest BCUT2D eigenvalue weighted by molar-refractivity contribution is 0.0533. The van der Waals surface area contributed by atoms with Crippen LogP contribution < -0.4 is 15.7 Å². The van der Waals surface area contributed by atoms with E-state index in [1.165, 1.54) is 7.11 Å². The summed E-state index contributed by atoms with van der Waals surface area (Å²) >= 11 is 0. The molecule has 11 heteroatoms. The summed E-state index contributed by atoms with van der Waals surface area (Å²) in [6.45, 7) is 10.2. The molecule has 0 spiro atoms. The number of nitrogens with one attached hydrogen (secondary N) is 1. The normalized spacial score (nSPS) is 12.4. The summed E-state index contributed by atoms with van der Waals surface area (Å²) in [5.41, 5.74) is 2.68. The maximum atomic E-state index is 13.2. The zero-order chi connectivity index (χ0) is 27.3. The third kappa shape index (κ3) is 6.35. The molecule has 198 valence electrons. The van der Waals surface area contributed by atoms with Crippen molar-refractivity contribution < 1.29 is 23.9 Å². The number of allylic oxidation sites excluding steroid dienone is 1. The molecule has 2 heterocycles. The molecule has 0 aliphatic carbocycles. The minimum atomic E-state index is -0.585. The number of amides is 2. The Morgan fingerprint density at radius 1 is 1.19 bits per heavy atom. The Morgan fingerprint density at radius 2 is 1.92 bits per heavy atom. The Balaban J connectivity index is 2.04. The molecule has 2 amide bonds.